The number of nitrogen functional groups attached to an aromatic ring is 4. The summed E-state index contributed by atoms with van der Waals surface area (Å²) in [5, 5.41) is 0. The Bertz CT molecular complexity index is 2100. The van der Waals surface area contributed by atoms with Gasteiger partial charge < -0.3 is 32.2 Å². The van der Waals surface area contributed by atoms with E-state index in [4.69, 9.17) is 32.2 Å². The molecule has 0 atom stereocenters. The summed E-state index contributed by atoms with van der Waals surface area (Å²) in [6.07, 6.45) is 4.28. The molecule has 1 fully saturated rings. The summed E-state index contributed by atoms with van der Waals surface area (Å²) in [6, 6.07) is 48.0. The van der Waals surface area contributed by atoms with E-state index in [0.717, 1.165) is 43.3 Å². The fourth-order valence-electron chi connectivity index (χ4n) is 5.55. The number of hydrogen-bond donors (Lipinski definition) is 4. The second-order valence-corrected chi connectivity index (χ2v) is 14.6. The third-order valence-electron chi connectivity index (χ3n) is 8.94. The van der Waals surface area contributed by atoms with Crippen molar-refractivity contribution in [3.8, 4) is 0 Å². The number of rotatable bonds is 6. The number of pyridine rings is 2. The van der Waals surface area contributed by atoms with Crippen molar-refractivity contribution >= 4 is 69.5 Å². The first-order valence-corrected chi connectivity index (χ1v) is 18.3. The van der Waals surface area contributed by atoms with E-state index in [-0.39, 0.29) is 18.3 Å². The van der Waals surface area contributed by atoms with E-state index in [0.29, 0.717) is 23.3 Å². The predicted molar refractivity (Wildman–Crippen MR) is 231 cm³/mol. The number of benzene rings is 4. The Morgan fingerprint density at radius 3 is 1.31 bits per heavy atom. The molecule has 274 valence electrons. The van der Waals surface area contributed by atoms with Gasteiger partial charge >= 0.3 is 7.12 Å². The number of nitrogens with two attached hydrogens (primary N) is 4. The molecule has 0 radical (unpaired) electrons. The maximum absolute atomic E-state index is 6.26. The van der Waals surface area contributed by atoms with Crippen molar-refractivity contribution in [2.75, 3.05) is 22.9 Å². The van der Waals surface area contributed by atoms with E-state index in [1.807, 2.05) is 84.9 Å². The van der Waals surface area contributed by atoms with Crippen molar-refractivity contribution in [1.29, 1.82) is 0 Å². The molecule has 1 aliphatic rings. The maximum Gasteiger partial charge on any atom is 0.495 e. The highest BCUT2D eigenvalue weighted by molar-refractivity contribution is 9.10. The quantitative estimate of drug-likeness (QED) is 0.0965. The van der Waals surface area contributed by atoms with Gasteiger partial charge in [0, 0.05) is 4.47 Å². The molecule has 54 heavy (non-hydrogen) atoms. The molecule has 0 amide bonds. The minimum atomic E-state index is -0.373. The van der Waals surface area contributed by atoms with Crippen molar-refractivity contribution in [3.05, 3.63) is 178 Å². The molecule has 1 saturated heterocycles. The third kappa shape index (κ3) is 10.9. The van der Waals surface area contributed by atoms with Gasteiger partial charge in [0.2, 0.25) is 0 Å². The van der Waals surface area contributed by atoms with Gasteiger partial charge in [-0.1, -0.05) is 143 Å². The molecule has 4 aromatic carbocycles. The summed E-state index contributed by atoms with van der Waals surface area (Å²) in [5.74, 6) is 1.71. The Morgan fingerprint density at radius 2 is 0.889 bits per heavy atom. The third-order valence-corrected chi connectivity index (χ3v) is 9.39. The van der Waals surface area contributed by atoms with E-state index in [2.05, 4.69) is 114 Å². The predicted octanol–water partition coefficient (Wildman–Crippen LogP) is 9.70. The molecule has 0 unspecified atom stereocenters. The number of halogens is 1. The highest BCUT2D eigenvalue weighted by Crippen LogP contribution is 2.41. The number of aromatic nitrogens is 2. The van der Waals surface area contributed by atoms with Crippen LogP contribution in [0.3, 0.4) is 0 Å². The van der Waals surface area contributed by atoms with Gasteiger partial charge in [0.1, 0.15) is 23.3 Å². The van der Waals surface area contributed by atoms with Crippen molar-refractivity contribution < 1.29 is 9.31 Å². The van der Waals surface area contributed by atoms with Gasteiger partial charge in [0.05, 0.1) is 11.2 Å². The first kappa shape index (κ1) is 39.5. The summed E-state index contributed by atoms with van der Waals surface area (Å²) in [6.45, 7) is 8.33. The Labute approximate surface area is 327 Å². The average Bonchev–Trinajstić information content (AvgIpc) is 3.36. The zero-order chi connectivity index (χ0) is 38.7. The van der Waals surface area contributed by atoms with Gasteiger partial charge in [-0.2, -0.15) is 0 Å². The monoisotopic (exact) mass is 780 g/mol. The van der Waals surface area contributed by atoms with Crippen LogP contribution in [0.2, 0.25) is 0 Å². The van der Waals surface area contributed by atoms with Crippen LogP contribution in [-0.4, -0.2) is 28.3 Å². The largest absolute Gasteiger partial charge is 0.495 e. The lowest BCUT2D eigenvalue weighted by Crippen LogP contribution is -2.41. The molecule has 1 aliphatic heterocycles. The summed E-state index contributed by atoms with van der Waals surface area (Å²) >= 11 is 3.21. The molecule has 8 nitrogen and oxygen atoms in total. The number of hydrogen-bond acceptors (Lipinski definition) is 8. The van der Waals surface area contributed by atoms with E-state index in [9.17, 15) is 0 Å². The lowest BCUT2D eigenvalue weighted by Gasteiger charge is -2.32. The number of nitrogens with zero attached hydrogens (tertiary/aromatic N) is 2. The van der Waals surface area contributed by atoms with Crippen LogP contribution in [0.15, 0.2) is 150 Å². The Balaban J connectivity index is 0.000000170. The zero-order valence-electron chi connectivity index (χ0n) is 31.0. The van der Waals surface area contributed by atoms with Gasteiger partial charge in [0.15, 0.2) is 0 Å². The fourth-order valence-corrected chi connectivity index (χ4v) is 6.02. The molecule has 0 spiro atoms. The molecule has 7 rings (SSSR count). The summed E-state index contributed by atoms with van der Waals surface area (Å²) in [5.41, 5.74) is 29.2. The van der Waals surface area contributed by atoms with E-state index in [1.165, 1.54) is 0 Å². The van der Waals surface area contributed by atoms with E-state index in [1.54, 1.807) is 12.1 Å². The molecule has 8 N–H and O–H groups in total. The van der Waals surface area contributed by atoms with Crippen molar-refractivity contribution in [1.82, 2.24) is 9.97 Å². The van der Waals surface area contributed by atoms with Crippen LogP contribution in [0.4, 0.5) is 23.3 Å². The highest BCUT2D eigenvalue weighted by Gasteiger charge is 2.52. The molecular weight excluding hydrogens is 735 g/mol. The molecule has 2 aromatic heterocycles. The molecule has 3 heterocycles. The second kappa shape index (κ2) is 17.9. The van der Waals surface area contributed by atoms with Gasteiger partial charge in [-0.05, 0) is 96.9 Å². The molecule has 10 heteroatoms. The number of anilines is 4. The minimum absolute atomic E-state index is 0.345. The molecule has 0 bridgehead atoms. The average molecular weight is 782 g/mol. The van der Waals surface area contributed by atoms with Crippen molar-refractivity contribution in [2.24, 2.45) is 0 Å². The Hall–Kier alpha value is -5.68. The van der Waals surface area contributed by atoms with Crippen LogP contribution in [0, 0.1) is 0 Å². The molecular formula is C44H46BBrN6O2. The van der Waals surface area contributed by atoms with Crippen LogP contribution in [0.1, 0.15) is 55.5 Å². The first-order valence-electron chi connectivity index (χ1n) is 17.5. The Morgan fingerprint density at radius 1 is 0.519 bits per heavy atom. The van der Waals surface area contributed by atoms with Crippen LogP contribution in [-0.2, 0) is 9.31 Å². The van der Waals surface area contributed by atoms with Crippen LogP contribution >= 0.6 is 15.9 Å². The lowest BCUT2D eigenvalue weighted by molar-refractivity contribution is 0.00578. The standard InChI is InChI=1S/C20H23BO2.C19H17N3.C5H6BrN3/c1-19(2)20(3,4)23-21(22-19)18(17-13-9-6-10-14-17)15-16-11-7-5-8-12-16;20-18-12-16(13-19(21)22-18)17(15-9-5-2-6-10-15)11-14-7-3-1-4-8-14;6-3-1-4(7)9-5(8)2-3/h5-15H,1-4H3;1-13H,(H4,20,21,22);1-2H,(H4,7,8,9)/b18-15+;17-11+;. The summed E-state index contributed by atoms with van der Waals surface area (Å²) < 4.78 is 13.4. The van der Waals surface area contributed by atoms with Crippen LogP contribution in [0.5, 0.6) is 0 Å². The van der Waals surface area contributed by atoms with E-state index < -0.39 is 0 Å². The smallest absolute Gasteiger partial charge is 0.399 e. The maximum atomic E-state index is 6.26. The minimum Gasteiger partial charge on any atom is -0.399 e. The van der Waals surface area contributed by atoms with Gasteiger partial charge in [-0.3, -0.25) is 0 Å². The van der Waals surface area contributed by atoms with Crippen LogP contribution < -0.4 is 22.9 Å². The summed E-state index contributed by atoms with van der Waals surface area (Å²) in [7, 11) is -0.373. The van der Waals surface area contributed by atoms with Gasteiger partial charge in [-0.15, -0.1) is 0 Å². The van der Waals surface area contributed by atoms with Gasteiger partial charge in [-0.25, -0.2) is 9.97 Å². The second-order valence-electron chi connectivity index (χ2n) is 13.6. The normalized spacial score (nSPS) is 14.6. The lowest BCUT2D eigenvalue weighted by atomic mass is 9.73. The molecule has 0 saturated carbocycles. The zero-order valence-corrected chi connectivity index (χ0v) is 32.6. The van der Waals surface area contributed by atoms with E-state index >= 15 is 0 Å². The SMILES string of the molecule is CC1(C)OB(/C(=C/c2ccccc2)c2ccccc2)OC1(C)C.Nc1cc(/C(=C/c2ccccc2)c2ccccc2)cc(N)n1.Nc1cc(Br)cc(N)n1. The molecule has 6 aromatic rings. The topological polar surface area (TPSA) is 148 Å². The Kier molecular flexibility index (Phi) is 13.1. The van der Waals surface area contributed by atoms with Crippen LogP contribution in [0.25, 0.3) is 23.2 Å². The van der Waals surface area contributed by atoms with Crippen molar-refractivity contribution in [3.63, 3.8) is 0 Å². The first-order chi connectivity index (χ1) is 25.8. The fraction of sp³-hybridized carbons (Fsp3) is 0.136. The molecule has 0 aliphatic carbocycles. The van der Waals surface area contributed by atoms with Crippen molar-refractivity contribution in [2.45, 2.75) is 38.9 Å². The summed E-state index contributed by atoms with van der Waals surface area (Å²) in [4.78, 5) is 7.81. The van der Waals surface area contributed by atoms with Gasteiger partial charge in [0.25, 0.3) is 0 Å². The highest BCUT2D eigenvalue weighted by atomic mass is 79.9.